The van der Waals surface area contributed by atoms with E-state index in [1.54, 1.807) is 0 Å². The van der Waals surface area contributed by atoms with Gasteiger partial charge in [0.1, 0.15) is 12.4 Å². The Labute approximate surface area is 158 Å². The van der Waals surface area contributed by atoms with Crippen LogP contribution in [0.2, 0.25) is 0 Å². The fourth-order valence-corrected chi connectivity index (χ4v) is 3.65. The van der Waals surface area contributed by atoms with Crippen LogP contribution >= 0.6 is 0 Å². The molecule has 1 aliphatic carbocycles. The number of hydrogen-bond donors (Lipinski definition) is 3. The number of aromatic nitrogens is 1. The number of H-pyrrole nitrogens is 1. The van der Waals surface area contributed by atoms with Gasteiger partial charge in [-0.3, -0.25) is 4.79 Å². The van der Waals surface area contributed by atoms with Gasteiger partial charge < -0.3 is 15.2 Å². The summed E-state index contributed by atoms with van der Waals surface area (Å²) in [6.07, 6.45) is 5.16. The van der Waals surface area contributed by atoms with Crippen LogP contribution < -0.4 is 10.2 Å². The molecule has 1 aliphatic rings. The first-order valence-corrected chi connectivity index (χ1v) is 9.60. The van der Waals surface area contributed by atoms with Gasteiger partial charge in [-0.05, 0) is 30.2 Å². The SMILES string of the molecule is O=C(C[NH+](Cc1ccc(F)cc1)C1CC1)NCCc1c[nH]c2ccccc12. The number of nitrogens with one attached hydrogen (secondary N) is 3. The molecule has 2 aromatic carbocycles. The summed E-state index contributed by atoms with van der Waals surface area (Å²) in [4.78, 5) is 17.0. The maximum Gasteiger partial charge on any atom is 0.275 e. The molecule has 1 atom stereocenters. The molecule has 1 fully saturated rings. The molecule has 0 aliphatic heterocycles. The monoisotopic (exact) mass is 366 g/mol. The van der Waals surface area contributed by atoms with E-state index in [0.717, 1.165) is 24.0 Å². The third-order valence-corrected chi connectivity index (χ3v) is 5.28. The maximum absolute atomic E-state index is 13.1. The lowest BCUT2D eigenvalue weighted by Crippen LogP contribution is -3.13. The summed E-state index contributed by atoms with van der Waals surface area (Å²) in [6, 6.07) is 15.4. The minimum absolute atomic E-state index is 0.0823. The van der Waals surface area contributed by atoms with Crippen LogP contribution in [0.25, 0.3) is 10.9 Å². The second-order valence-electron chi connectivity index (χ2n) is 7.37. The van der Waals surface area contributed by atoms with E-state index < -0.39 is 0 Å². The zero-order chi connectivity index (χ0) is 18.6. The maximum atomic E-state index is 13.1. The fraction of sp³-hybridized carbons (Fsp3) is 0.318. The number of halogens is 1. The molecule has 140 valence electrons. The number of carbonyl (C=O) groups excluding carboxylic acids is 1. The number of fused-ring (bicyclic) bond motifs is 1. The van der Waals surface area contributed by atoms with Gasteiger partial charge in [0, 0.05) is 42.0 Å². The molecule has 4 rings (SSSR count). The van der Waals surface area contributed by atoms with Crippen LogP contribution in [0.5, 0.6) is 0 Å². The van der Waals surface area contributed by atoms with E-state index in [9.17, 15) is 9.18 Å². The molecule has 4 nitrogen and oxygen atoms in total. The van der Waals surface area contributed by atoms with Crippen molar-refractivity contribution in [1.82, 2.24) is 10.3 Å². The highest BCUT2D eigenvalue weighted by Crippen LogP contribution is 2.18. The standard InChI is InChI=1S/C22H24FN3O/c23-18-7-5-16(6-8-18)14-26(19-9-10-19)15-22(27)24-12-11-17-13-25-21-4-2-1-3-20(17)21/h1-8,13,19,25H,9-12,14-15H2,(H,24,27)/p+1. The third-order valence-electron chi connectivity index (χ3n) is 5.28. The molecule has 1 heterocycles. The molecule has 1 aromatic heterocycles. The molecule has 0 radical (unpaired) electrons. The van der Waals surface area contributed by atoms with Crippen molar-refractivity contribution in [3.05, 3.63) is 71.7 Å². The van der Waals surface area contributed by atoms with Crippen LogP contribution in [0.1, 0.15) is 24.0 Å². The molecule has 1 saturated carbocycles. The summed E-state index contributed by atoms with van der Waals surface area (Å²) in [6.45, 7) is 1.87. The first-order chi connectivity index (χ1) is 13.2. The number of carbonyl (C=O) groups is 1. The topological polar surface area (TPSA) is 49.3 Å². The summed E-state index contributed by atoms with van der Waals surface area (Å²) < 4.78 is 13.1. The van der Waals surface area contributed by atoms with Crippen LogP contribution in [0, 0.1) is 5.82 Å². The average molecular weight is 366 g/mol. The Morgan fingerprint density at radius 3 is 2.70 bits per heavy atom. The molecule has 3 aromatic rings. The Morgan fingerprint density at radius 1 is 1.15 bits per heavy atom. The quantitative estimate of drug-likeness (QED) is 0.563. The van der Waals surface area contributed by atoms with Gasteiger partial charge in [0.05, 0.1) is 6.04 Å². The van der Waals surface area contributed by atoms with Crippen LogP contribution in [-0.2, 0) is 17.8 Å². The number of rotatable bonds is 8. The molecule has 27 heavy (non-hydrogen) atoms. The van der Waals surface area contributed by atoms with Crippen molar-refractivity contribution in [2.24, 2.45) is 0 Å². The lowest BCUT2D eigenvalue weighted by molar-refractivity contribution is -0.917. The lowest BCUT2D eigenvalue weighted by atomic mass is 10.1. The van der Waals surface area contributed by atoms with Gasteiger partial charge in [-0.1, -0.05) is 30.3 Å². The van der Waals surface area contributed by atoms with Gasteiger partial charge in [-0.25, -0.2) is 4.39 Å². The van der Waals surface area contributed by atoms with Crippen LogP contribution in [-0.4, -0.2) is 30.0 Å². The van der Waals surface area contributed by atoms with Crippen molar-refractivity contribution in [1.29, 1.82) is 0 Å². The van der Waals surface area contributed by atoms with Crippen molar-refractivity contribution in [3.8, 4) is 0 Å². The van der Waals surface area contributed by atoms with Crippen LogP contribution in [0.4, 0.5) is 4.39 Å². The second-order valence-corrected chi connectivity index (χ2v) is 7.37. The number of quaternary nitrogens is 1. The fourth-order valence-electron chi connectivity index (χ4n) is 3.65. The first-order valence-electron chi connectivity index (χ1n) is 9.60. The van der Waals surface area contributed by atoms with E-state index in [4.69, 9.17) is 0 Å². The van der Waals surface area contributed by atoms with Gasteiger partial charge in [0.25, 0.3) is 5.91 Å². The zero-order valence-corrected chi connectivity index (χ0v) is 15.3. The lowest BCUT2D eigenvalue weighted by Gasteiger charge is -2.19. The highest BCUT2D eigenvalue weighted by Gasteiger charge is 2.34. The zero-order valence-electron chi connectivity index (χ0n) is 15.3. The smallest absolute Gasteiger partial charge is 0.275 e. The van der Waals surface area contributed by atoms with Crippen LogP contribution in [0.3, 0.4) is 0 Å². The highest BCUT2D eigenvalue weighted by molar-refractivity contribution is 5.83. The molecule has 0 bridgehead atoms. The summed E-state index contributed by atoms with van der Waals surface area (Å²) in [5, 5.41) is 4.28. The highest BCUT2D eigenvalue weighted by atomic mass is 19.1. The number of aromatic amines is 1. The van der Waals surface area contributed by atoms with Gasteiger partial charge in [-0.2, -0.15) is 0 Å². The first kappa shape index (κ1) is 17.7. The Bertz CT molecular complexity index is 915. The van der Waals surface area contributed by atoms with E-state index in [-0.39, 0.29) is 11.7 Å². The van der Waals surface area contributed by atoms with E-state index in [0.29, 0.717) is 19.1 Å². The van der Waals surface area contributed by atoms with Crippen molar-refractivity contribution in [3.63, 3.8) is 0 Å². The van der Waals surface area contributed by atoms with Gasteiger partial charge in [0.2, 0.25) is 0 Å². The summed E-state index contributed by atoms with van der Waals surface area (Å²) in [7, 11) is 0. The van der Waals surface area contributed by atoms with Crippen molar-refractivity contribution >= 4 is 16.8 Å². The van der Waals surface area contributed by atoms with E-state index >= 15 is 0 Å². The molecule has 5 heteroatoms. The Morgan fingerprint density at radius 2 is 1.93 bits per heavy atom. The predicted molar refractivity (Wildman–Crippen MR) is 104 cm³/mol. The Balaban J connectivity index is 1.29. The van der Waals surface area contributed by atoms with Gasteiger partial charge >= 0.3 is 0 Å². The Kier molecular flexibility index (Phi) is 5.21. The van der Waals surface area contributed by atoms with E-state index in [2.05, 4.69) is 22.4 Å². The normalized spacial score (nSPS) is 15.0. The molecular weight excluding hydrogens is 341 g/mol. The van der Waals surface area contributed by atoms with Crippen molar-refractivity contribution in [2.45, 2.75) is 31.8 Å². The molecule has 0 saturated heterocycles. The third kappa shape index (κ3) is 4.55. The molecule has 3 N–H and O–H groups in total. The summed E-state index contributed by atoms with van der Waals surface area (Å²) in [5.74, 6) is -0.138. The number of hydrogen-bond acceptors (Lipinski definition) is 1. The number of amides is 1. The Hall–Kier alpha value is -2.66. The molecule has 1 unspecified atom stereocenters. The van der Waals surface area contributed by atoms with Crippen molar-refractivity contribution < 1.29 is 14.1 Å². The summed E-state index contributed by atoms with van der Waals surface area (Å²) >= 11 is 0. The minimum atomic E-state index is -0.221. The average Bonchev–Trinajstić information content (AvgIpc) is 3.44. The molecule has 1 amide bonds. The van der Waals surface area contributed by atoms with E-state index in [1.165, 1.54) is 40.8 Å². The second kappa shape index (κ2) is 7.92. The van der Waals surface area contributed by atoms with Gasteiger partial charge in [-0.15, -0.1) is 0 Å². The van der Waals surface area contributed by atoms with Crippen LogP contribution in [0.15, 0.2) is 54.7 Å². The minimum Gasteiger partial charge on any atom is -0.361 e. The predicted octanol–water partition coefficient (Wildman–Crippen LogP) is 2.21. The summed E-state index contributed by atoms with van der Waals surface area (Å²) in [5.41, 5.74) is 3.43. The van der Waals surface area contributed by atoms with Gasteiger partial charge in [0.15, 0.2) is 6.54 Å². The largest absolute Gasteiger partial charge is 0.361 e. The van der Waals surface area contributed by atoms with Crippen molar-refractivity contribution in [2.75, 3.05) is 13.1 Å². The molecular formula is C22H25FN3O+. The number of para-hydroxylation sites is 1. The van der Waals surface area contributed by atoms with E-state index in [1.807, 2.05) is 30.5 Å². The number of benzene rings is 2. The molecule has 0 spiro atoms.